The average molecular weight is 777 g/mol. The quantitative estimate of drug-likeness (QED) is 0.0216. The molecule has 318 valence electrons. The van der Waals surface area contributed by atoms with E-state index in [2.05, 4.69) is 62.5 Å². The Morgan fingerprint density at radius 3 is 1.55 bits per heavy atom. The van der Waals surface area contributed by atoms with E-state index in [9.17, 15) is 19.5 Å². The van der Waals surface area contributed by atoms with Gasteiger partial charge >= 0.3 is 17.9 Å². The largest absolute Gasteiger partial charge is 0.477 e. The monoisotopic (exact) mass is 777 g/mol. The van der Waals surface area contributed by atoms with Crippen molar-refractivity contribution in [2.45, 2.75) is 180 Å². The Morgan fingerprint density at radius 1 is 0.564 bits per heavy atom. The molecule has 2 atom stereocenters. The zero-order valence-corrected chi connectivity index (χ0v) is 35.8. The molecule has 0 radical (unpaired) electrons. The summed E-state index contributed by atoms with van der Waals surface area (Å²) in [5, 5.41) is 9.57. The molecule has 0 rings (SSSR count). The number of quaternary nitrogens is 1. The normalized spacial score (nSPS) is 13.4. The zero-order valence-electron chi connectivity index (χ0n) is 35.8. The van der Waals surface area contributed by atoms with E-state index >= 15 is 0 Å². The first-order chi connectivity index (χ1) is 26.6. The van der Waals surface area contributed by atoms with E-state index in [1.165, 1.54) is 64.2 Å². The molecular formula is C46H82NO8+. The van der Waals surface area contributed by atoms with Crippen molar-refractivity contribution in [1.82, 2.24) is 0 Å². The maximum atomic E-state index is 12.7. The van der Waals surface area contributed by atoms with Crippen LogP contribution in [0.25, 0.3) is 0 Å². The Balaban J connectivity index is 4.15. The van der Waals surface area contributed by atoms with E-state index in [0.29, 0.717) is 17.4 Å². The van der Waals surface area contributed by atoms with Crippen molar-refractivity contribution in [3.05, 3.63) is 48.6 Å². The Labute approximate surface area is 336 Å². The van der Waals surface area contributed by atoms with Crippen LogP contribution in [0.3, 0.4) is 0 Å². The Kier molecular flexibility index (Phi) is 36.2. The number of carbonyl (C=O) groups is 3. The van der Waals surface area contributed by atoms with Gasteiger partial charge in [-0.15, -0.1) is 0 Å². The van der Waals surface area contributed by atoms with Crippen molar-refractivity contribution in [3.63, 3.8) is 0 Å². The van der Waals surface area contributed by atoms with E-state index in [-0.39, 0.29) is 32.2 Å². The molecule has 9 heteroatoms. The summed E-state index contributed by atoms with van der Waals surface area (Å²) in [5.41, 5.74) is 0. The highest BCUT2D eigenvalue weighted by molar-refractivity contribution is 5.71. The molecule has 0 saturated heterocycles. The van der Waals surface area contributed by atoms with Gasteiger partial charge in [-0.25, -0.2) is 4.79 Å². The lowest BCUT2D eigenvalue weighted by Gasteiger charge is -2.25. The smallest absolute Gasteiger partial charge is 0.361 e. The number of hydrogen-bond donors (Lipinski definition) is 1. The van der Waals surface area contributed by atoms with Crippen molar-refractivity contribution >= 4 is 17.9 Å². The third-order valence-electron chi connectivity index (χ3n) is 9.10. The molecule has 0 aromatic heterocycles. The van der Waals surface area contributed by atoms with Gasteiger partial charge < -0.3 is 28.5 Å². The number of nitrogens with zero attached hydrogens (tertiary/aromatic N) is 1. The van der Waals surface area contributed by atoms with Crippen molar-refractivity contribution in [2.24, 2.45) is 0 Å². The van der Waals surface area contributed by atoms with Crippen LogP contribution in [-0.4, -0.2) is 87.4 Å². The maximum absolute atomic E-state index is 12.7. The summed E-state index contributed by atoms with van der Waals surface area (Å²) >= 11 is 0. The Hall–Kier alpha value is -2.75. The van der Waals surface area contributed by atoms with Crippen LogP contribution in [0.15, 0.2) is 48.6 Å². The number of allylic oxidation sites excluding steroid dienone is 8. The third kappa shape index (κ3) is 39.3. The number of carboxylic acid groups (broad SMARTS) is 1. The highest BCUT2D eigenvalue weighted by Crippen LogP contribution is 2.14. The van der Waals surface area contributed by atoms with Crippen molar-refractivity contribution in [1.29, 1.82) is 0 Å². The first-order valence-corrected chi connectivity index (χ1v) is 21.8. The standard InChI is InChI=1S/C46H81NO8/c1-6-8-10-12-13-14-15-16-17-18-19-20-21-22-23-24-25-26-27-28-29-30-31-33-35-37-44(49)55-42(40-53-43(48)36-34-32-11-9-7-2)41-54-46(45(50)51)52-39-38-47(3,4)5/h8,10,13-14,16-17,19-20,42,46H,6-7,9,11-12,15,18,21-41H2,1-5H3/p+1/b10-8-,14-13-,17-16-,20-19-. The molecule has 0 aromatic rings. The summed E-state index contributed by atoms with van der Waals surface area (Å²) in [6, 6.07) is 0. The second-order valence-electron chi connectivity index (χ2n) is 15.6. The number of hydrogen-bond acceptors (Lipinski definition) is 7. The van der Waals surface area contributed by atoms with E-state index in [0.717, 1.165) is 77.0 Å². The van der Waals surface area contributed by atoms with Gasteiger partial charge in [-0.05, 0) is 51.4 Å². The molecule has 0 aliphatic heterocycles. The lowest BCUT2D eigenvalue weighted by atomic mass is 10.0. The average Bonchev–Trinajstić information content (AvgIpc) is 3.14. The number of rotatable bonds is 39. The van der Waals surface area contributed by atoms with Crippen LogP contribution >= 0.6 is 0 Å². The highest BCUT2D eigenvalue weighted by Gasteiger charge is 2.25. The second kappa shape index (κ2) is 38.1. The summed E-state index contributed by atoms with van der Waals surface area (Å²) in [6.07, 6.45) is 40.8. The van der Waals surface area contributed by atoms with Gasteiger partial charge in [0.1, 0.15) is 13.2 Å². The maximum Gasteiger partial charge on any atom is 0.361 e. The molecule has 0 aliphatic carbocycles. The van der Waals surface area contributed by atoms with Gasteiger partial charge in [0.15, 0.2) is 6.10 Å². The third-order valence-corrected chi connectivity index (χ3v) is 9.10. The summed E-state index contributed by atoms with van der Waals surface area (Å²) < 4.78 is 22.5. The first kappa shape index (κ1) is 52.2. The molecule has 0 bridgehead atoms. The minimum absolute atomic E-state index is 0.184. The molecule has 9 nitrogen and oxygen atoms in total. The fourth-order valence-electron chi connectivity index (χ4n) is 5.71. The van der Waals surface area contributed by atoms with Crippen LogP contribution < -0.4 is 0 Å². The number of unbranched alkanes of at least 4 members (excludes halogenated alkanes) is 16. The van der Waals surface area contributed by atoms with Crippen LogP contribution in [0.5, 0.6) is 0 Å². The molecule has 0 heterocycles. The number of aliphatic carboxylic acids is 1. The lowest BCUT2D eigenvalue weighted by molar-refractivity contribution is -0.870. The number of likely N-dealkylation sites (N-methyl/N-ethyl adjacent to an activating group) is 1. The van der Waals surface area contributed by atoms with Gasteiger partial charge in [0, 0.05) is 12.8 Å². The predicted molar refractivity (Wildman–Crippen MR) is 226 cm³/mol. The Bertz CT molecular complexity index is 1050. The van der Waals surface area contributed by atoms with Gasteiger partial charge in [0.2, 0.25) is 0 Å². The van der Waals surface area contributed by atoms with E-state index < -0.39 is 24.3 Å². The number of carbonyl (C=O) groups excluding carboxylic acids is 2. The molecular weight excluding hydrogens is 695 g/mol. The fraction of sp³-hybridized carbons (Fsp3) is 0.761. The van der Waals surface area contributed by atoms with Crippen LogP contribution in [-0.2, 0) is 33.3 Å². The van der Waals surface area contributed by atoms with E-state index in [1.54, 1.807) is 0 Å². The molecule has 0 saturated carbocycles. The van der Waals surface area contributed by atoms with Gasteiger partial charge in [0.05, 0.1) is 34.4 Å². The fourth-order valence-corrected chi connectivity index (χ4v) is 5.71. The van der Waals surface area contributed by atoms with Crippen LogP contribution in [0.4, 0.5) is 0 Å². The summed E-state index contributed by atoms with van der Waals surface area (Å²) in [6.45, 7) is 4.65. The molecule has 1 N–H and O–H groups in total. The zero-order chi connectivity index (χ0) is 40.7. The SMILES string of the molecule is CC/C=C\C/C=C\C/C=C\C/C=C\CCCCCCCCCCCCCCC(=O)OC(COC(=O)CCCCCCC)COC(OCC[N+](C)(C)C)C(=O)O. The number of ether oxygens (including phenoxy) is 4. The van der Waals surface area contributed by atoms with Crippen LogP contribution in [0, 0.1) is 0 Å². The van der Waals surface area contributed by atoms with Gasteiger partial charge in [0.25, 0.3) is 6.29 Å². The van der Waals surface area contributed by atoms with Crippen molar-refractivity contribution in [3.8, 4) is 0 Å². The molecule has 2 unspecified atom stereocenters. The minimum atomic E-state index is -1.51. The lowest BCUT2D eigenvalue weighted by Crippen LogP contribution is -2.40. The van der Waals surface area contributed by atoms with Crippen LogP contribution in [0.1, 0.15) is 168 Å². The topological polar surface area (TPSA) is 108 Å². The van der Waals surface area contributed by atoms with E-state index in [1.807, 2.05) is 21.1 Å². The molecule has 55 heavy (non-hydrogen) atoms. The van der Waals surface area contributed by atoms with Crippen LogP contribution in [0.2, 0.25) is 0 Å². The molecule has 0 aromatic carbocycles. The first-order valence-electron chi connectivity index (χ1n) is 21.8. The predicted octanol–water partition coefficient (Wildman–Crippen LogP) is 11.2. The van der Waals surface area contributed by atoms with Crippen molar-refractivity contribution in [2.75, 3.05) is 47.5 Å². The van der Waals surface area contributed by atoms with Gasteiger partial charge in [-0.3, -0.25) is 9.59 Å². The highest BCUT2D eigenvalue weighted by atomic mass is 16.7. The summed E-state index contributed by atoms with van der Waals surface area (Å²) in [4.78, 5) is 36.7. The molecule has 0 spiro atoms. The second-order valence-corrected chi connectivity index (χ2v) is 15.6. The minimum Gasteiger partial charge on any atom is -0.477 e. The molecule has 0 aliphatic rings. The molecule has 0 amide bonds. The number of carboxylic acids is 1. The van der Waals surface area contributed by atoms with Crippen molar-refractivity contribution < 1.29 is 42.9 Å². The molecule has 0 fully saturated rings. The number of esters is 2. The van der Waals surface area contributed by atoms with Gasteiger partial charge in [-0.2, -0.15) is 0 Å². The van der Waals surface area contributed by atoms with E-state index in [4.69, 9.17) is 18.9 Å². The Morgan fingerprint density at radius 2 is 1.04 bits per heavy atom. The summed E-state index contributed by atoms with van der Waals surface area (Å²) in [7, 11) is 5.94. The van der Waals surface area contributed by atoms with Gasteiger partial charge in [-0.1, -0.05) is 152 Å². The summed E-state index contributed by atoms with van der Waals surface area (Å²) in [5.74, 6) is -2.03.